The van der Waals surface area contributed by atoms with E-state index in [-0.39, 0.29) is 0 Å². The molecule has 1 heteroatoms. The minimum Gasteiger partial charge on any atom is -0.381 e. The van der Waals surface area contributed by atoms with Crippen molar-refractivity contribution in [1.29, 1.82) is 0 Å². The minimum atomic E-state index is 0.448. The molecule has 0 fully saturated rings. The van der Waals surface area contributed by atoms with Crippen LogP contribution in [0.1, 0.15) is 19.3 Å². The maximum absolute atomic E-state index is 5.21. The largest absolute Gasteiger partial charge is 0.381 e. The summed E-state index contributed by atoms with van der Waals surface area (Å²) in [5.74, 6) is 0. The second kappa shape index (κ2) is 3.57. The molecule has 1 rings (SSSR count). The Morgan fingerprint density at radius 2 is 2.60 bits per heavy atom. The molecule has 0 amide bonds. The SMILES string of the molecule is C=CC1=CCC(OC)CC1. The Balaban J connectivity index is 2.43. The monoisotopic (exact) mass is 138 g/mol. The van der Waals surface area contributed by atoms with Gasteiger partial charge in [0, 0.05) is 7.11 Å². The van der Waals surface area contributed by atoms with Crippen LogP contribution in [0.25, 0.3) is 0 Å². The van der Waals surface area contributed by atoms with E-state index in [4.69, 9.17) is 4.74 Å². The van der Waals surface area contributed by atoms with E-state index in [1.54, 1.807) is 7.11 Å². The molecular formula is C9H14O. The molecule has 0 aromatic carbocycles. The van der Waals surface area contributed by atoms with Crippen molar-refractivity contribution < 1.29 is 4.74 Å². The number of hydrogen-bond donors (Lipinski definition) is 0. The van der Waals surface area contributed by atoms with Gasteiger partial charge in [0.1, 0.15) is 0 Å². The predicted molar refractivity (Wildman–Crippen MR) is 42.9 cm³/mol. The van der Waals surface area contributed by atoms with Gasteiger partial charge in [-0.2, -0.15) is 0 Å². The van der Waals surface area contributed by atoms with Gasteiger partial charge >= 0.3 is 0 Å². The molecule has 0 radical (unpaired) electrons. The lowest BCUT2D eigenvalue weighted by atomic mass is 9.97. The minimum absolute atomic E-state index is 0.448. The van der Waals surface area contributed by atoms with E-state index < -0.39 is 0 Å². The van der Waals surface area contributed by atoms with Crippen molar-refractivity contribution in [2.75, 3.05) is 7.11 Å². The zero-order chi connectivity index (χ0) is 7.40. The highest BCUT2D eigenvalue weighted by molar-refractivity contribution is 5.18. The second-order valence-corrected chi connectivity index (χ2v) is 2.62. The van der Waals surface area contributed by atoms with Crippen LogP contribution in [0.3, 0.4) is 0 Å². The molecule has 1 aliphatic carbocycles. The van der Waals surface area contributed by atoms with Gasteiger partial charge in [-0.25, -0.2) is 0 Å². The van der Waals surface area contributed by atoms with Crippen molar-refractivity contribution >= 4 is 0 Å². The Hall–Kier alpha value is -0.560. The molecule has 56 valence electrons. The van der Waals surface area contributed by atoms with Gasteiger partial charge in [0.2, 0.25) is 0 Å². The zero-order valence-corrected chi connectivity index (χ0v) is 6.47. The van der Waals surface area contributed by atoms with Crippen molar-refractivity contribution in [2.24, 2.45) is 0 Å². The van der Waals surface area contributed by atoms with Crippen molar-refractivity contribution in [3.63, 3.8) is 0 Å². The van der Waals surface area contributed by atoms with E-state index >= 15 is 0 Å². The van der Waals surface area contributed by atoms with Gasteiger partial charge in [-0.15, -0.1) is 0 Å². The fraction of sp³-hybridized carbons (Fsp3) is 0.556. The molecule has 0 aromatic heterocycles. The summed E-state index contributed by atoms with van der Waals surface area (Å²) in [5.41, 5.74) is 1.37. The van der Waals surface area contributed by atoms with Gasteiger partial charge in [0.15, 0.2) is 0 Å². The van der Waals surface area contributed by atoms with Crippen LogP contribution in [0.2, 0.25) is 0 Å². The van der Waals surface area contributed by atoms with E-state index in [0.717, 1.165) is 19.3 Å². The second-order valence-electron chi connectivity index (χ2n) is 2.62. The van der Waals surface area contributed by atoms with Crippen molar-refractivity contribution in [3.8, 4) is 0 Å². The van der Waals surface area contributed by atoms with Crippen molar-refractivity contribution in [1.82, 2.24) is 0 Å². The first-order valence-electron chi connectivity index (χ1n) is 3.71. The Morgan fingerprint density at radius 3 is 3.00 bits per heavy atom. The Labute approximate surface area is 62.4 Å². The van der Waals surface area contributed by atoms with E-state index in [1.165, 1.54) is 5.57 Å². The number of hydrogen-bond acceptors (Lipinski definition) is 1. The lowest BCUT2D eigenvalue weighted by Gasteiger charge is -2.18. The fourth-order valence-corrected chi connectivity index (χ4v) is 1.23. The first-order valence-corrected chi connectivity index (χ1v) is 3.71. The topological polar surface area (TPSA) is 9.23 Å². The third-order valence-electron chi connectivity index (χ3n) is 1.99. The molecular weight excluding hydrogens is 124 g/mol. The van der Waals surface area contributed by atoms with Crippen LogP contribution >= 0.6 is 0 Å². The van der Waals surface area contributed by atoms with Gasteiger partial charge in [-0.3, -0.25) is 0 Å². The standard InChI is InChI=1S/C9H14O/c1-3-8-4-6-9(10-2)7-5-8/h3-4,9H,1,5-7H2,2H3. The van der Waals surface area contributed by atoms with E-state index in [2.05, 4.69) is 12.7 Å². The molecule has 0 N–H and O–H groups in total. The molecule has 0 aliphatic heterocycles. The highest BCUT2D eigenvalue weighted by atomic mass is 16.5. The number of rotatable bonds is 2. The average Bonchev–Trinajstić information content (AvgIpc) is 2.05. The summed E-state index contributed by atoms with van der Waals surface area (Å²) >= 11 is 0. The highest BCUT2D eigenvalue weighted by Crippen LogP contribution is 2.20. The third-order valence-corrected chi connectivity index (χ3v) is 1.99. The van der Waals surface area contributed by atoms with Crippen molar-refractivity contribution in [3.05, 3.63) is 24.3 Å². The summed E-state index contributed by atoms with van der Waals surface area (Å²) < 4.78 is 5.21. The lowest BCUT2D eigenvalue weighted by Crippen LogP contribution is -2.12. The Kier molecular flexibility index (Phi) is 2.69. The molecule has 0 saturated carbocycles. The van der Waals surface area contributed by atoms with Gasteiger partial charge in [-0.1, -0.05) is 24.3 Å². The van der Waals surface area contributed by atoms with Crippen LogP contribution in [0.4, 0.5) is 0 Å². The fourth-order valence-electron chi connectivity index (χ4n) is 1.23. The molecule has 0 saturated heterocycles. The van der Waals surface area contributed by atoms with Crippen LogP contribution < -0.4 is 0 Å². The molecule has 10 heavy (non-hydrogen) atoms. The van der Waals surface area contributed by atoms with Crippen LogP contribution in [0.15, 0.2) is 24.3 Å². The van der Waals surface area contributed by atoms with Gasteiger partial charge in [0.25, 0.3) is 0 Å². The smallest absolute Gasteiger partial charge is 0.0609 e. The summed E-state index contributed by atoms with van der Waals surface area (Å²) in [7, 11) is 1.78. The van der Waals surface area contributed by atoms with Gasteiger partial charge in [0.05, 0.1) is 6.10 Å². The number of methoxy groups -OCH3 is 1. The summed E-state index contributed by atoms with van der Waals surface area (Å²) in [6, 6.07) is 0. The highest BCUT2D eigenvalue weighted by Gasteiger charge is 2.10. The maximum Gasteiger partial charge on any atom is 0.0609 e. The summed E-state index contributed by atoms with van der Waals surface area (Å²) in [4.78, 5) is 0. The maximum atomic E-state index is 5.21. The summed E-state index contributed by atoms with van der Waals surface area (Å²) in [5, 5.41) is 0. The number of ether oxygens (including phenoxy) is 1. The molecule has 1 unspecified atom stereocenters. The van der Waals surface area contributed by atoms with Crippen LogP contribution in [0.5, 0.6) is 0 Å². The van der Waals surface area contributed by atoms with Crippen LogP contribution in [0, 0.1) is 0 Å². The first-order chi connectivity index (χ1) is 4.86. The summed E-state index contributed by atoms with van der Waals surface area (Å²) in [6.45, 7) is 3.73. The average molecular weight is 138 g/mol. The van der Waals surface area contributed by atoms with E-state index in [0.29, 0.717) is 6.10 Å². The van der Waals surface area contributed by atoms with Crippen molar-refractivity contribution in [2.45, 2.75) is 25.4 Å². The van der Waals surface area contributed by atoms with Crippen LogP contribution in [-0.2, 0) is 4.74 Å². The van der Waals surface area contributed by atoms with Gasteiger partial charge in [-0.05, 0) is 19.3 Å². The quantitative estimate of drug-likeness (QED) is 0.569. The number of allylic oxidation sites excluding steroid dienone is 2. The lowest BCUT2D eigenvalue weighted by molar-refractivity contribution is 0.0945. The molecule has 1 aliphatic rings. The molecule has 0 spiro atoms. The predicted octanol–water partition coefficient (Wildman–Crippen LogP) is 2.30. The molecule has 0 aromatic rings. The Bertz CT molecular complexity index is 147. The first kappa shape index (κ1) is 7.55. The molecule has 0 heterocycles. The molecule has 0 bridgehead atoms. The third kappa shape index (κ3) is 1.71. The molecule has 1 atom stereocenters. The van der Waals surface area contributed by atoms with E-state index in [1.807, 2.05) is 6.08 Å². The van der Waals surface area contributed by atoms with Crippen LogP contribution in [-0.4, -0.2) is 13.2 Å². The summed E-state index contributed by atoms with van der Waals surface area (Å²) in [6.07, 6.45) is 7.92. The van der Waals surface area contributed by atoms with E-state index in [9.17, 15) is 0 Å². The molecule has 1 nitrogen and oxygen atoms in total. The zero-order valence-electron chi connectivity index (χ0n) is 6.47. The normalized spacial score (nSPS) is 25.7. The van der Waals surface area contributed by atoms with Gasteiger partial charge < -0.3 is 4.74 Å². The Morgan fingerprint density at radius 1 is 1.80 bits per heavy atom.